The molecule has 1 aliphatic heterocycles. The molecule has 1 saturated carbocycles. The molecule has 23 heavy (non-hydrogen) atoms. The standard InChI is InChI=1S/C18H24N2O3/c1-12(2)9-13(10-21)19-16(22)17(23)20-11-18(7-8-18)14-5-3-4-6-15(14)20/h3-6,12-13,21H,7-11H2,1-2H3,(H,19,22). The fraction of sp³-hybridized carbons (Fsp3) is 0.556. The van der Waals surface area contributed by atoms with Crippen LogP contribution in [-0.4, -0.2) is 36.1 Å². The lowest BCUT2D eigenvalue weighted by Gasteiger charge is -2.21. The van der Waals surface area contributed by atoms with E-state index in [9.17, 15) is 14.7 Å². The summed E-state index contributed by atoms with van der Waals surface area (Å²) in [5.74, 6) is -0.814. The molecule has 1 atom stereocenters. The van der Waals surface area contributed by atoms with Gasteiger partial charge in [0.05, 0.1) is 12.6 Å². The van der Waals surface area contributed by atoms with Crippen LogP contribution in [0.4, 0.5) is 5.69 Å². The first-order valence-electron chi connectivity index (χ1n) is 8.29. The summed E-state index contributed by atoms with van der Waals surface area (Å²) < 4.78 is 0. The Bertz CT molecular complexity index is 622. The van der Waals surface area contributed by atoms with E-state index in [0.717, 1.165) is 18.5 Å². The number of hydrogen-bond donors (Lipinski definition) is 2. The minimum absolute atomic E-state index is 0.0703. The number of hydrogen-bond acceptors (Lipinski definition) is 3. The van der Waals surface area contributed by atoms with Crippen LogP contribution >= 0.6 is 0 Å². The van der Waals surface area contributed by atoms with Crippen LogP contribution in [0.25, 0.3) is 0 Å². The molecular formula is C18H24N2O3. The van der Waals surface area contributed by atoms with Crippen molar-refractivity contribution in [1.82, 2.24) is 5.32 Å². The quantitative estimate of drug-likeness (QED) is 0.829. The molecule has 1 aromatic rings. The summed E-state index contributed by atoms with van der Waals surface area (Å²) in [6.07, 6.45) is 2.79. The van der Waals surface area contributed by atoms with Gasteiger partial charge in [0.1, 0.15) is 0 Å². The summed E-state index contributed by atoms with van der Waals surface area (Å²) in [6.45, 7) is 4.47. The van der Waals surface area contributed by atoms with Crippen molar-refractivity contribution in [2.45, 2.75) is 44.6 Å². The number of aliphatic hydroxyl groups is 1. The molecule has 1 heterocycles. The lowest BCUT2D eigenvalue weighted by atomic mass is 9.99. The number of nitrogens with one attached hydrogen (secondary N) is 1. The van der Waals surface area contributed by atoms with Gasteiger partial charge in [-0.25, -0.2) is 0 Å². The van der Waals surface area contributed by atoms with Crippen molar-refractivity contribution in [2.75, 3.05) is 18.1 Å². The van der Waals surface area contributed by atoms with Crippen LogP contribution in [-0.2, 0) is 15.0 Å². The third-order valence-electron chi connectivity index (χ3n) is 4.83. The lowest BCUT2D eigenvalue weighted by Crippen LogP contribution is -2.48. The summed E-state index contributed by atoms with van der Waals surface area (Å²) in [4.78, 5) is 26.5. The van der Waals surface area contributed by atoms with Crippen LogP contribution in [0.5, 0.6) is 0 Å². The highest BCUT2D eigenvalue weighted by Gasteiger charge is 2.53. The van der Waals surface area contributed by atoms with E-state index in [-0.39, 0.29) is 18.1 Å². The van der Waals surface area contributed by atoms with Gasteiger partial charge in [-0.1, -0.05) is 32.0 Å². The Morgan fingerprint density at radius 1 is 1.30 bits per heavy atom. The summed E-state index contributed by atoms with van der Waals surface area (Å²) in [5.41, 5.74) is 2.11. The van der Waals surface area contributed by atoms with Gasteiger partial charge in [-0.2, -0.15) is 0 Å². The molecule has 0 saturated heterocycles. The van der Waals surface area contributed by atoms with E-state index in [1.54, 1.807) is 4.90 Å². The van der Waals surface area contributed by atoms with Crippen LogP contribution in [0.3, 0.4) is 0 Å². The number of para-hydroxylation sites is 1. The topological polar surface area (TPSA) is 69.6 Å². The Morgan fingerprint density at radius 3 is 2.61 bits per heavy atom. The van der Waals surface area contributed by atoms with Crippen LogP contribution in [0, 0.1) is 5.92 Å². The second-order valence-electron chi connectivity index (χ2n) is 7.17. The Hall–Kier alpha value is -1.88. The smallest absolute Gasteiger partial charge is 0.316 e. The number of carbonyl (C=O) groups excluding carboxylic acids is 2. The molecule has 0 bridgehead atoms. The van der Waals surface area contributed by atoms with Crippen molar-refractivity contribution < 1.29 is 14.7 Å². The molecule has 5 nitrogen and oxygen atoms in total. The second-order valence-corrected chi connectivity index (χ2v) is 7.17. The molecule has 1 aliphatic carbocycles. The van der Waals surface area contributed by atoms with Gasteiger partial charge in [0.25, 0.3) is 0 Å². The van der Waals surface area contributed by atoms with Crippen molar-refractivity contribution in [3.63, 3.8) is 0 Å². The molecule has 1 unspecified atom stereocenters. The molecule has 1 spiro atoms. The van der Waals surface area contributed by atoms with Gasteiger partial charge < -0.3 is 15.3 Å². The number of carbonyl (C=O) groups is 2. The van der Waals surface area contributed by atoms with Gasteiger partial charge in [0.2, 0.25) is 0 Å². The summed E-state index contributed by atoms with van der Waals surface area (Å²) in [7, 11) is 0. The number of rotatable bonds is 4. The average Bonchev–Trinajstić information content (AvgIpc) is 3.23. The first-order chi connectivity index (χ1) is 11.0. The van der Waals surface area contributed by atoms with E-state index in [4.69, 9.17) is 0 Å². The minimum atomic E-state index is -0.628. The van der Waals surface area contributed by atoms with Crippen molar-refractivity contribution in [3.8, 4) is 0 Å². The van der Waals surface area contributed by atoms with Crippen molar-refractivity contribution >= 4 is 17.5 Å². The Labute approximate surface area is 136 Å². The van der Waals surface area contributed by atoms with Gasteiger partial charge >= 0.3 is 11.8 Å². The molecule has 2 aliphatic rings. The predicted molar refractivity (Wildman–Crippen MR) is 88.2 cm³/mol. The van der Waals surface area contributed by atoms with Crippen LogP contribution in [0.1, 0.15) is 38.7 Å². The highest BCUT2D eigenvalue weighted by Crippen LogP contribution is 2.56. The number of fused-ring (bicyclic) bond motifs is 2. The van der Waals surface area contributed by atoms with Crippen molar-refractivity contribution in [1.29, 1.82) is 0 Å². The highest BCUT2D eigenvalue weighted by molar-refractivity contribution is 6.40. The average molecular weight is 316 g/mol. The third kappa shape index (κ3) is 2.98. The van der Waals surface area contributed by atoms with Crippen LogP contribution in [0.2, 0.25) is 0 Å². The van der Waals surface area contributed by atoms with Gasteiger partial charge in [-0.15, -0.1) is 0 Å². The first kappa shape index (κ1) is 16.0. The zero-order valence-electron chi connectivity index (χ0n) is 13.7. The molecule has 0 aromatic heterocycles. The Balaban J connectivity index is 1.72. The van der Waals surface area contributed by atoms with Gasteiger partial charge in [-0.3, -0.25) is 9.59 Å². The number of amides is 2. The van der Waals surface area contributed by atoms with Gasteiger partial charge in [0, 0.05) is 17.6 Å². The first-order valence-corrected chi connectivity index (χ1v) is 8.29. The molecule has 0 radical (unpaired) electrons. The van der Waals surface area contributed by atoms with E-state index in [1.807, 2.05) is 32.0 Å². The maximum Gasteiger partial charge on any atom is 0.316 e. The number of aliphatic hydroxyl groups excluding tert-OH is 1. The molecule has 124 valence electrons. The predicted octanol–water partition coefficient (Wildman–Crippen LogP) is 1.59. The SMILES string of the molecule is CC(C)CC(CO)NC(=O)C(=O)N1CC2(CC2)c2ccccc21. The van der Waals surface area contributed by atoms with Crippen molar-refractivity contribution in [3.05, 3.63) is 29.8 Å². The molecular weight excluding hydrogens is 292 g/mol. The van der Waals surface area contributed by atoms with Crippen molar-refractivity contribution in [2.24, 2.45) is 5.92 Å². The number of benzene rings is 1. The van der Waals surface area contributed by atoms with E-state index >= 15 is 0 Å². The summed E-state index contributed by atoms with van der Waals surface area (Å²) in [6, 6.07) is 7.47. The maximum absolute atomic E-state index is 12.6. The van der Waals surface area contributed by atoms with E-state index in [2.05, 4.69) is 11.4 Å². The lowest BCUT2D eigenvalue weighted by molar-refractivity contribution is -0.138. The summed E-state index contributed by atoms with van der Waals surface area (Å²) in [5, 5.41) is 12.1. The number of anilines is 1. The molecule has 1 aromatic carbocycles. The van der Waals surface area contributed by atoms with Gasteiger partial charge in [0.15, 0.2) is 0 Å². The monoisotopic (exact) mass is 316 g/mol. The third-order valence-corrected chi connectivity index (χ3v) is 4.83. The zero-order chi connectivity index (χ0) is 16.6. The normalized spacial score (nSPS) is 18.9. The second kappa shape index (κ2) is 5.96. The number of nitrogens with zero attached hydrogens (tertiary/aromatic N) is 1. The maximum atomic E-state index is 12.6. The highest BCUT2D eigenvalue weighted by atomic mass is 16.3. The molecule has 5 heteroatoms. The van der Waals surface area contributed by atoms with E-state index in [0.29, 0.717) is 18.9 Å². The fourth-order valence-electron chi connectivity index (χ4n) is 3.51. The molecule has 2 amide bonds. The van der Waals surface area contributed by atoms with E-state index in [1.165, 1.54) is 5.56 Å². The summed E-state index contributed by atoms with van der Waals surface area (Å²) >= 11 is 0. The Kier molecular flexibility index (Phi) is 4.15. The molecule has 1 fully saturated rings. The Morgan fingerprint density at radius 2 is 2.00 bits per heavy atom. The van der Waals surface area contributed by atoms with Gasteiger partial charge in [-0.05, 0) is 36.8 Å². The molecule has 2 N–H and O–H groups in total. The minimum Gasteiger partial charge on any atom is -0.394 e. The van der Waals surface area contributed by atoms with Crippen LogP contribution < -0.4 is 10.2 Å². The largest absolute Gasteiger partial charge is 0.394 e. The van der Waals surface area contributed by atoms with E-state index < -0.39 is 11.8 Å². The fourth-order valence-corrected chi connectivity index (χ4v) is 3.51. The molecule has 3 rings (SSSR count). The van der Waals surface area contributed by atoms with Crippen LogP contribution in [0.15, 0.2) is 24.3 Å². The zero-order valence-corrected chi connectivity index (χ0v) is 13.7.